The monoisotopic (exact) mass is 308 g/mol. The van der Waals surface area contributed by atoms with Crippen molar-refractivity contribution in [3.8, 4) is 0 Å². The van der Waals surface area contributed by atoms with Gasteiger partial charge >= 0.3 is 0 Å². The van der Waals surface area contributed by atoms with E-state index in [-0.39, 0.29) is 17.9 Å². The number of fused-ring (bicyclic) bond motifs is 1. The molecule has 0 bridgehead atoms. The van der Waals surface area contributed by atoms with Gasteiger partial charge in [-0.2, -0.15) is 0 Å². The maximum Gasteiger partial charge on any atom is 0.232 e. The lowest BCUT2D eigenvalue weighted by Crippen LogP contribution is -2.14. The van der Waals surface area contributed by atoms with Gasteiger partial charge < -0.3 is 11.1 Å². The molecule has 0 radical (unpaired) electrons. The van der Waals surface area contributed by atoms with Crippen molar-refractivity contribution in [3.63, 3.8) is 0 Å². The Morgan fingerprint density at radius 2 is 1.78 bits per heavy atom. The van der Waals surface area contributed by atoms with E-state index < -0.39 is 0 Å². The van der Waals surface area contributed by atoms with E-state index in [0.29, 0.717) is 0 Å². The standard InChI is InChI=1S/C20H24N2O/c1-5-15-17-10-16(12(3)13(4)19(17)22-20(15)23)18(21)14-8-6-11(2)7-9-14/h6-10,15,18H,5,21H2,1-4H3,(H,22,23). The zero-order valence-electron chi connectivity index (χ0n) is 14.2. The van der Waals surface area contributed by atoms with E-state index in [4.69, 9.17) is 5.73 Å². The highest BCUT2D eigenvalue weighted by atomic mass is 16.2. The van der Waals surface area contributed by atoms with Crippen LogP contribution in [0.15, 0.2) is 30.3 Å². The van der Waals surface area contributed by atoms with Crippen LogP contribution in [-0.2, 0) is 4.79 Å². The molecular weight excluding hydrogens is 284 g/mol. The molecule has 0 aromatic heterocycles. The number of hydrogen-bond acceptors (Lipinski definition) is 2. The van der Waals surface area contributed by atoms with E-state index in [0.717, 1.165) is 39.9 Å². The number of carbonyl (C=O) groups excluding carboxylic acids is 1. The predicted octanol–water partition coefficient (Wildman–Crippen LogP) is 4.11. The van der Waals surface area contributed by atoms with Gasteiger partial charge in [-0.3, -0.25) is 4.79 Å². The first-order valence-electron chi connectivity index (χ1n) is 8.21. The predicted molar refractivity (Wildman–Crippen MR) is 94.8 cm³/mol. The van der Waals surface area contributed by atoms with Gasteiger partial charge in [0.25, 0.3) is 0 Å². The summed E-state index contributed by atoms with van der Waals surface area (Å²) in [6, 6.07) is 10.3. The summed E-state index contributed by atoms with van der Waals surface area (Å²) in [5.41, 5.74) is 14.4. The van der Waals surface area contributed by atoms with Gasteiger partial charge in [-0.1, -0.05) is 42.8 Å². The summed E-state index contributed by atoms with van der Waals surface area (Å²) >= 11 is 0. The highest BCUT2D eigenvalue weighted by Crippen LogP contribution is 2.41. The second kappa shape index (κ2) is 5.82. The lowest BCUT2D eigenvalue weighted by Gasteiger charge is -2.20. The maximum atomic E-state index is 12.2. The first-order valence-corrected chi connectivity index (χ1v) is 8.21. The molecule has 0 aliphatic carbocycles. The smallest absolute Gasteiger partial charge is 0.232 e. The summed E-state index contributed by atoms with van der Waals surface area (Å²) < 4.78 is 0. The minimum atomic E-state index is -0.173. The lowest BCUT2D eigenvalue weighted by atomic mass is 9.87. The quantitative estimate of drug-likeness (QED) is 0.896. The largest absolute Gasteiger partial charge is 0.325 e. The van der Waals surface area contributed by atoms with Crippen LogP contribution in [0.2, 0.25) is 0 Å². The van der Waals surface area contributed by atoms with Crippen LogP contribution < -0.4 is 11.1 Å². The number of benzene rings is 2. The molecule has 0 saturated carbocycles. The van der Waals surface area contributed by atoms with Gasteiger partial charge in [-0.05, 0) is 55.0 Å². The van der Waals surface area contributed by atoms with Crippen molar-refractivity contribution in [1.82, 2.24) is 0 Å². The average molecular weight is 308 g/mol. The Hall–Kier alpha value is -2.13. The SMILES string of the molecule is CCC1C(=O)Nc2c1cc(C(N)c1ccc(C)cc1)c(C)c2C. The van der Waals surface area contributed by atoms with E-state index in [1.165, 1.54) is 5.56 Å². The van der Waals surface area contributed by atoms with Gasteiger partial charge in [0.05, 0.1) is 12.0 Å². The number of amides is 1. The minimum absolute atomic E-state index is 0.0618. The molecule has 3 nitrogen and oxygen atoms in total. The second-order valence-electron chi connectivity index (χ2n) is 6.52. The van der Waals surface area contributed by atoms with Gasteiger partial charge in [0.15, 0.2) is 0 Å². The number of anilines is 1. The van der Waals surface area contributed by atoms with E-state index in [1.807, 2.05) is 6.92 Å². The van der Waals surface area contributed by atoms with Crippen LogP contribution in [0.4, 0.5) is 5.69 Å². The summed E-state index contributed by atoms with van der Waals surface area (Å²) in [5, 5.41) is 3.04. The number of nitrogens with two attached hydrogens (primary N) is 1. The molecule has 3 heteroatoms. The van der Waals surface area contributed by atoms with Crippen LogP contribution in [0.3, 0.4) is 0 Å². The molecule has 0 saturated heterocycles. The molecular formula is C20H24N2O. The van der Waals surface area contributed by atoms with E-state index >= 15 is 0 Å². The highest BCUT2D eigenvalue weighted by molar-refractivity contribution is 6.04. The number of nitrogens with one attached hydrogen (secondary N) is 1. The summed E-state index contributed by atoms with van der Waals surface area (Å²) in [5.74, 6) is 0.0410. The van der Waals surface area contributed by atoms with Crippen molar-refractivity contribution in [2.75, 3.05) is 5.32 Å². The Kier molecular flexibility index (Phi) is 3.99. The van der Waals surface area contributed by atoms with Crippen LogP contribution in [0, 0.1) is 20.8 Å². The van der Waals surface area contributed by atoms with Crippen molar-refractivity contribution in [3.05, 3.63) is 63.7 Å². The second-order valence-corrected chi connectivity index (χ2v) is 6.52. The fraction of sp³-hybridized carbons (Fsp3) is 0.350. The first-order chi connectivity index (χ1) is 10.9. The van der Waals surface area contributed by atoms with Crippen LogP contribution in [0.5, 0.6) is 0 Å². The fourth-order valence-corrected chi connectivity index (χ4v) is 3.44. The number of rotatable bonds is 3. The molecule has 2 atom stereocenters. The van der Waals surface area contributed by atoms with Crippen molar-refractivity contribution in [2.24, 2.45) is 5.73 Å². The Morgan fingerprint density at radius 3 is 2.39 bits per heavy atom. The maximum absolute atomic E-state index is 12.2. The summed E-state index contributed by atoms with van der Waals surface area (Å²) in [7, 11) is 0. The average Bonchev–Trinajstić information content (AvgIpc) is 2.86. The molecule has 1 aliphatic heterocycles. The summed E-state index contributed by atoms with van der Waals surface area (Å²) in [6.45, 7) is 8.28. The van der Waals surface area contributed by atoms with Gasteiger partial charge in [0.2, 0.25) is 5.91 Å². The Labute approximate surface area is 137 Å². The molecule has 3 rings (SSSR count). The molecule has 1 amide bonds. The Bertz CT molecular complexity index is 762. The molecule has 1 aliphatic rings. The molecule has 0 fully saturated rings. The van der Waals surface area contributed by atoms with E-state index in [1.54, 1.807) is 0 Å². The van der Waals surface area contributed by atoms with Crippen LogP contribution in [0.1, 0.15) is 58.7 Å². The third-order valence-electron chi connectivity index (χ3n) is 5.09. The fourth-order valence-electron chi connectivity index (χ4n) is 3.44. The Morgan fingerprint density at radius 1 is 1.13 bits per heavy atom. The third-order valence-corrected chi connectivity index (χ3v) is 5.09. The van der Waals surface area contributed by atoms with Gasteiger partial charge in [-0.15, -0.1) is 0 Å². The van der Waals surface area contributed by atoms with E-state index in [2.05, 4.69) is 56.4 Å². The molecule has 2 unspecified atom stereocenters. The van der Waals surface area contributed by atoms with Crippen molar-refractivity contribution in [2.45, 2.75) is 46.1 Å². The molecule has 1 heterocycles. The van der Waals surface area contributed by atoms with Crippen LogP contribution in [0.25, 0.3) is 0 Å². The van der Waals surface area contributed by atoms with Gasteiger partial charge in [0.1, 0.15) is 0 Å². The number of carbonyl (C=O) groups is 1. The summed E-state index contributed by atoms with van der Waals surface area (Å²) in [4.78, 5) is 12.2. The molecule has 23 heavy (non-hydrogen) atoms. The van der Waals surface area contributed by atoms with Gasteiger partial charge in [0, 0.05) is 5.69 Å². The zero-order chi connectivity index (χ0) is 16.7. The lowest BCUT2D eigenvalue weighted by molar-refractivity contribution is -0.117. The molecule has 2 aromatic carbocycles. The number of aryl methyl sites for hydroxylation is 1. The molecule has 0 spiro atoms. The van der Waals surface area contributed by atoms with Crippen molar-refractivity contribution >= 4 is 11.6 Å². The highest BCUT2D eigenvalue weighted by Gasteiger charge is 2.32. The normalized spacial score (nSPS) is 17.8. The minimum Gasteiger partial charge on any atom is -0.325 e. The van der Waals surface area contributed by atoms with Crippen LogP contribution >= 0.6 is 0 Å². The van der Waals surface area contributed by atoms with E-state index in [9.17, 15) is 4.79 Å². The first kappa shape index (κ1) is 15.8. The Balaban J connectivity index is 2.10. The van der Waals surface area contributed by atoms with Crippen molar-refractivity contribution in [1.29, 1.82) is 0 Å². The van der Waals surface area contributed by atoms with Crippen LogP contribution in [-0.4, -0.2) is 5.91 Å². The topological polar surface area (TPSA) is 55.1 Å². The molecule has 120 valence electrons. The van der Waals surface area contributed by atoms with Gasteiger partial charge in [-0.25, -0.2) is 0 Å². The third kappa shape index (κ3) is 2.55. The number of hydrogen-bond donors (Lipinski definition) is 2. The molecule has 3 N–H and O–H groups in total. The zero-order valence-corrected chi connectivity index (χ0v) is 14.2. The summed E-state index contributed by atoms with van der Waals surface area (Å²) in [6.07, 6.45) is 0.806. The molecule has 2 aromatic rings. The van der Waals surface area contributed by atoms with Crippen molar-refractivity contribution < 1.29 is 4.79 Å².